The molecule has 2 N–H and O–H groups in total. The molecule has 1 aliphatic rings. The van der Waals surface area contributed by atoms with Crippen molar-refractivity contribution in [2.45, 2.75) is 37.8 Å². The Morgan fingerprint density at radius 3 is 2.56 bits per heavy atom. The van der Waals surface area contributed by atoms with Crippen molar-refractivity contribution in [3.63, 3.8) is 0 Å². The van der Waals surface area contributed by atoms with Gasteiger partial charge in [0, 0.05) is 5.69 Å². The number of anilines is 1. The first kappa shape index (κ1) is 12.0. The second-order valence-corrected chi connectivity index (χ2v) is 5.05. The minimum absolute atomic E-state index is 0.131. The maximum atomic E-state index is 9.83. The van der Waals surface area contributed by atoms with E-state index in [1.807, 2.05) is 6.07 Å². The van der Waals surface area contributed by atoms with E-state index in [0.717, 1.165) is 31.4 Å². The number of aliphatic hydroxyl groups is 1. The van der Waals surface area contributed by atoms with Crippen LogP contribution in [0.2, 0.25) is 10.0 Å². The minimum atomic E-state index is -0.261. The highest BCUT2D eigenvalue weighted by Gasteiger charge is 2.22. The van der Waals surface area contributed by atoms with E-state index in [1.54, 1.807) is 12.1 Å². The Morgan fingerprint density at radius 2 is 1.88 bits per heavy atom. The molecule has 2 atom stereocenters. The van der Waals surface area contributed by atoms with Crippen LogP contribution in [0, 0.1) is 0 Å². The summed E-state index contributed by atoms with van der Waals surface area (Å²) in [5.74, 6) is 0. The normalized spacial score (nSPS) is 25.4. The molecule has 0 saturated heterocycles. The topological polar surface area (TPSA) is 32.3 Å². The molecule has 1 aliphatic carbocycles. The monoisotopic (exact) mass is 259 g/mol. The standard InChI is InChI=1S/C12H15Cl2NO/c13-9-6-5-8(7-10(9)14)15-11-3-1-2-4-12(11)16/h5-7,11-12,15-16H,1-4H2. The minimum Gasteiger partial charge on any atom is -0.391 e. The molecule has 2 nitrogen and oxygen atoms in total. The number of aliphatic hydroxyl groups excluding tert-OH is 1. The molecule has 4 heteroatoms. The zero-order valence-electron chi connectivity index (χ0n) is 8.92. The van der Waals surface area contributed by atoms with Crippen LogP contribution < -0.4 is 5.32 Å². The Labute approximate surface area is 106 Å². The third-order valence-corrected chi connectivity index (χ3v) is 3.74. The van der Waals surface area contributed by atoms with Gasteiger partial charge >= 0.3 is 0 Å². The van der Waals surface area contributed by atoms with Crippen LogP contribution in [-0.4, -0.2) is 17.3 Å². The number of halogens is 2. The van der Waals surface area contributed by atoms with E-state index in [-0.39, 0.29) is 12.1 Å². The molecule has 88 valence electrons. The summed E-state index contributed by atoms with van der Waals surface area (Å²) in [7, 11) is 0. The predicted octanol–water partition coefficient (Wildman–Crippen LogP) is 3.71. The lowest BCUT2D eigenvalue weighted by atomic mass is 9.92. The van der Waals surface area contributed by atoms with Gasteiger partial charge in [0.1, 0.15) is 0 Å². The molecule has 0 bridgehead atoms. The van der Waals surface area contributed by atoms with Crippen molar-refractivity contribution in [3.8, 4) is 0 Å². The summed E-state index contributed by atoms with van der Waals surface area (Å²) >= 11 is 11.8. The number of hydrogen-bond acceptors (Lipinski definition) is 2. The molecule has 0 aliphatic heterocycles. The van der Waals surface area contributed by atoms with Crippen LogP contribution in [0.3, 0.4) is 0 Å². The van der Waals surface area contributed by atoms with Crippen LogP contribution in [0.4, 0.5) is 5.69 Å². The fourth-order valence-corrected chi connectivity index (χ4v) is 2.38. The molecule has 1 aromatic carbocycles. The van der Waals surface area contributed by atoms with Crippen molar-refractivity contribution in [1.82, 2.24) is 0 Å². The van der Waals surface area contributed by atoms with Gasteiger partial charge in [0.15, 0.2) is 0 Å². The van der Waals surface area contributed by atoms with Crippen molar-refractivity contribution in [2.24, 2.45) is 0 Å². The zero-order chi connectivity index (χ0) is 11.5. The first-order valence-electron chi connectivity index (χ1n) is 5.56. The van der Waals surface area contributed by atoms with Crippen LogP contribution in [0.15, 0.2) is 18.2 Å². The maximum Gasteiger partial charge on any atom is 0.0741 e. The largest absolute Gasteiger partial charge is 0.391 e. The highest BCUT2D eigenvalue weighted by atomic mass is 35.5. The summed E-state index contributed by atoms with van der Waals surface area (Å²) in [5.41, 5.74) is 0.917. The van der Waals surface area contributed by atoms with E-state index in [2.05, 4.69) is 5.32 Å². The molecule has 2 unspecified atom stereocenters. The second kappa shape index (κ2) is 5.26. The average molecular weight is 260 g/mol. The van der Waals surface area contributed by atoms with Gasteiger partial charge in [-0.15, -0.1) is 0 Å². The highest BCUT2D eigenvalue weighted by molar-refractivity contribution is 6.42. The van der Waals surface area contributed by atoms with Gasteiger partial charge < -0.3 is 10.4 Å². The second-order valence-electron chi connectivity index (χ2n) is 4.23. The Balaban J connectivity index is 2.05. The van der Waals surface area contributed by atoms with Crippen LogP contribution in [0.1, 0.15) is 25.7 Å². The Bertz CT molecular complexity index is 370. The number of rotatable bonds is 2. The summed E-state index contributed by atoms with van der Waals surface area (Å²) in [5, 5.41) is 14.2. The van der Waals surface area contributed by atoms with Gasteiger partial charge in [-0.1, -0.05) is 36.0 Å². The summed E-state index contributed by atoms with van der Waals surface area (Å²) in [4.78, 5) is 0. The summed E-state index contributed by atoms with van der Waals surface area (Å²) in [6, 6.07) is 5.58. The van der Waals surface area contributed by atoms with E-state index in [0.29, 0.717) is 10.0 Å². The fraction of sp³-hybridized carbons (Fsp3) is 0.500. The Kier molecular flexibility index (Phi) is 3.95. The summed E-state index contributed by atoms with van der Waals surface area (Å²) < 4.78 is 0. The molecule has 0 amide bonds. The SMILES string of the molecule is OC1CCCCC1Nc1ccc(Cl)c(Cl)c1. The van der Waals surface area contributed by atoms with Crippen LogP contribution in [0.5, 0.6) is 0 Å². The average Bonchev–Trinajstić information content (AvgIpc) is 2.27. The molecule has 1 saturated carbocycles. The molecule has 2 rings (SSSR count). The van der Waals surface area contributed by atoms with Crippen molar-refractivity contribution >= 4 is 28.9 Å². The quantitative estimate of drug-likeness (QED) is 0.849. The third kappa shape index (κ3) is 2.82. The van der Waals surface area contributed by atoms with E-state index >= 15 is 0 Å². The number of hydrogen-bond donors (Lipinski definition) is 2. The van der Waals surface area contributed by atoms with Crippen molar-refractivity contribution in [3.05, 3.63) is 28.2 Å². The maximum absolute atomic E-state index is 9.83. The molecule has 1 aromatic rings. The Hall–Kier alpha value is -0.440. The molecular weight excluding hydrogens is 245 g/mol. The van der Waals surface area contributed by atoms with Gasteiger partial charge in [-0.05, 0) is 31.0 Å². The van der Waals surface area contributed by atoms with Gasteiger partial charge in [-0.3, -0.25) is 0 Å². The fourth-order valence-electron chi connectivity index (χ4n) is 2.08. The van der Waals surface area contributed by atoms with Crippen molar-refractivity contribution in [2.75, 3.05) is 5.32 Å². The number of benzene rings is 1. The third-order valence-electron chi connectivity index (χ3n) is 3.00. The van der Waals surface area contributed by atoms with Gasteiger partial charge in [0.05, 0.1) is 22.2 Å². The highest BCUT2D eigenvalue weighted by Crippen LogP contribution is 2.27. The van der Waals surface area contributed by atoms with Crippen molar-refractivity contribution in [1.29, 1.82) is 0 Å². The van der Waals surface area contributed by atoms with Crippen LogP contribution >= 0.6 is 23.2 Å². The van der Waals surface area contributed by atoms with Crippen LogP contribution in [0.25, 0.3) is 0 Å². The lowest BCUT2D eigenvalue weighted by molar-refractivity contribution is 0.116. The summed E-state index contributed by atoms with van der Waals surface area (Å²) in [6.07, 6.45) is 3.89. The molecular formula is C12H15Cl2NO. The van der Waals surface area contributed by atoms with Gasteiger partial charge in [0.2, 0.25) is 0 Å². The molecule has 0 spiro atoms. The molecule has 0 heterocycles. The van der Waals surface area contributed by atoms with E-state index in [4.69, 9.17) is 23.2 Å². The Morgan fingerprint density at radius 1 is 1.12 bits per heavy atom. The smallest absolute Gasteiger partial charge is 0.0741 e. The summed E-state index contributed by atoms with van der Waals surface area (Å²) in [6.45, 7) is 0. The van der Waals surface area contributed by atoms with Gasteiger partial charge in [0.25, 0.3) is 0 Å². The first-order valence-corrected chi connectivity index (χ1v) is 6.32. The van der Waals surface area contributed by atoms with E-state index in [1.165, 1.54) is 0 Å². The van der Waals surface area contributed by atoms with Crippen molar-refractivity contribution < 1.29 is 5.11 Å². The lowest BCUT2D eigenvalue weighted by Gasteiger charge is -2.29. The molecule has 1 fully saturated rings. The first-order chi connectivity index (χ1) is 7.66. The number of nitrogens with one attached hydrogen (secondary N) is 1. The van der Waals surface area contributed by atoms with Gasteiger partial charge in [-0.25, -0.2) is 0 Å². The van der Waals surface area contributed by atoms with E-state index < -0.39 is 0 Å². The lowest BCUT2D eigenvalue weighted by Crippen LogP contribution is -2.36. The van der Waals surface area contributed by atoms with E-state index in [9.17, 15) is 5.11 Å². The van der Waals surface area contributed by atoms with Gasteiger partial charge in [-0.2, -0.15) is 0 Å². The predicted molar refractivity (Wildman–Crippen MR) is 68.3 cm³/mol. The molecule has 0 aromatic heterocycles. The molecule has 16 heavy (non-hydrogen) atoms. The van der Waals surface area contributed by atoms with Crippen LogP contribution in [-0.2, 0) is 0 Å². The molecule has 0 radical (unpaired) electrons. The zero-order valence-corrected chi connectivity index (χ0v) is 10.4.